The molecule has 0 aliphatic carbocycles. The Hall–Kier alpha value is -3.31. The number of ether oxygens (including phenoxy) is 2. The second-order valence-electron chi connectivity index (χ2n) is 11.1. The number of likely N-dealkylation sites (N-methyl/N-ethyl adjacent to an activating group) is 1. The summed E-state index contributed by atoms with van der Waals surface area (Å²) in [7, 11) is 3.82. The topological polar surface area (TPSA) is 83.1 Å². The Morgan fingerprint density at radius 1 is 1.14 bits per heavy atom. The molecular weight excluding hydrogens is 571 g/mol. The highest BCUT2D eigenvalue weighted by atomic mass is 35.5. The van der Waals surface area contributed by atoms with Crippen LogP contribution in [0.5, 0.6) is 0 Å². The number of carbonyl (C=O) groups excluding carboxylic acids is 1. The van der Waals surface area contributed by atoms with E-state index in [9.17, 15) is 4.79 Å². The van der Waals surface area contributed by atoms with Gasteiger partial charge in [0.1, 0.15) is 5.82 Å². The minimum absolute atomic E-state index is 0.303. The zero-order chi connectivity index (χ0) is 30.3. The van der Waals surface area contributed by atoms with E-state index in [0.717, 1.165) is 44.5 Å². The van der Waals surface area contributed by atoms with Crippen molar-refractivity contribution in [3.8, 4) is 11.1 Å². The van der Waals surface area contributed by atoms with Gasteiger partial charge in [0.15, 0.2) is 0 Å². The second-order valence-corrected chi connectivity index (χ2v) is 11.5. The van der Waals surface area contributed by atoms with E-state index in [-0.39, 0.29) is 5.91 Å². The van der Waals surface area contributed by atoms with E-state index in [1.165, 1.54) is 6.07 Å². The van der Waals surface area contributed by atoms with Gasteiger partial charge < -0.3 is 29.5 Å². The number of anilines is 3. The normalized spacial score (nSPS) is 17.1. The van der Waals surface area contributed by atoms with Gasteiger partial charge in [-0.15, -0.1) is 0 Å². The Labute approximate surface area is 257 Å². The highest BCUT2D eigenvalue weighted by Gasteiger charge is 2.29. The number of halogens is 2. The molecule has 2 aliphatic rings. The van der Waals surface area contributed by atoms with Crippen LogP contribution in [0.1, 0.15) is 35.7 Å². The van der Waals surface area contributed by atoms with Crippen LogP contribution in [-0.2, 0) is 15.9 Å². The van der Waals surface area contributed by atoms with Crippen LogP contribution in [0.15, 0.2) is 42.7 Å². The molecule has 1 unspecified atom stereocenters. The first-order valence-corrected chi connectivity index (χ1v) is 15.3. The van der Waals surface area contributed by atoms with Crippen LogP contribution in [0.4, 0.5) is 21.7 Å². The van der Waals surface area contributed by atoms with E-state index in [1.807, 2.05) is 24.0 Å². The predicted molar refractivity (Wildman–Crippen MR) is 169 cm³/mol. The van der Waals surface area contributed by atoms with Gasteiger partial charge in [0, 0.05) is 86.6 Å². The summed E-state index contributed by atoms with van der Waals surface area (Å²) in [4.78, 5) is 29.1. The molecule has 5 rings (SSSR count). The number of nitrogens with one attached hydrogen (secondary N) is 1. The highest BCUT2D eigenvalue weighted by Crippen LogP contribution is 2.36. The highest BCUT2D eigenvalue weighted by molar-refractivity contribution is 6.31. The van der Waals surface area contributed by atoms with Crippen molar-refractivity contribution >= 4 is 34.8 Å². The first kappa shape index (κ1) is 31.1. The third-order valence-electron chi connectivity index (χ3n) is 8.19. The van der Waals surface area contributed by atoms with E-state index in [1.54, 1.807) is 31.6 Å². The monoisotopic (exact) mass is 610 g/mol. The van der Waals surface area contributed by atoms with Crippen molar-refractivity contribution < 1.29 is 18.7 Å². The smallest absolute Gasteiger partial charge is 0.255 e. The third kappa shape index (κ3) is 7.62. The number of methoxy groups -OCH3 is 1. The van der Waals surface area contributed by atoms with Crippen LogP contribution in [0.25, 0.3) is 11.1 Å². The maximum Gasteiger partial charge on any atom is 0.255 e. The Morgan fingerprint density at radius 2 is 1.91 bits per heavy atom. The van der Waals surface area contributed by atoms with Gasteiger partial charge in [-0.1, -0.05) is 18.5 Å². The van der Waals surface area contributed by atoms with Crippen molar-refractivity contribution in [3.05, 3.63) is 64.7 Å². The molecule has 230 valence electrons. The summed E-state index contributed by atoms with van der Waals surface area (Å²) in [6.07, 6.45) is 5.89. The lowest BCUT2D eigenvalue weighted by Gasteiger charge is -2.27. The third-order valence-corrected chi connectivity index (χ3v) is 8.41. The fraction of sp³-hybridized carbons (Fsp3) is 0.469. The standard InChI is InChI=1S/C32H40ClFN6O3/c1-4-22-14-23(16-25(33)15-22)31(41)37-29-17-27(24-19-35-32(36-20-24)39-9-12-43-13-10-39)28(34)18-30(29)40-8-6-26(21-40)38(2)7-5-11-42-3/h14-20,26H,4-13,21H2,1-3H3,(H,37,41). The van der Waals surface area contributed by atoms with Crippen molar-refractivity contribution in [1.82, 2.24) is 14.9 Å². The molecule has 0 saturated carbocycles. The molecule has 1 aromatic heterocycles. The molecule has 1 amide bonds. The maximum atomic E-state index is 15.8. The molecule has 1 atom stereocenters. The number of carbonyl (C=O) groups is 1. The van der Waals surface area contributed by atoms with Crippen LogP contribution in [0.2, 0.25) is 5.02 Å². The Kier molecular flexibility index (Phi) is 10.5. The average Bonchev–Trinajstić information content (AvgIpc) is 3.52. The molecule has 0 radical (unpaired) electrons. The summed E-state index contributed by atoms with van der Waals surface area (Å²) in [6.45, 7) is 7.77. The molecule has 2 aromatic carbocycles. The van der Waals surface area contributed by atoms with Crippen molar-refractivity contribution in [1.29, 1.82) is 0 Å². The molecule has 1 N–H and O–H groups in total. The van der Waals surface area contributed by atoms with Gasteiger partial charge in [-0.25, -0.2) is 14.4 Å². The minimum atomic E-state index is -0.399. The lowest BCUT2D eigenvalue weighted by Crippen LogP contribution is -2.37. The van der Waals surface area contributed by atoms with Crippen LogP contribution in [-0.4, -0.2) is 93.5 Å². The first-order valence-electron chi connectivity index (χ1n) is 14.9. The first-order chi connectivity index (χ1) is 20.9. The van der Waals surface area contributed by atoms with Gasteiger partial charge >= 0.3 is 0 Å². The molecule has 0 spiro atoms. The van der Waals surface area contributed by atoms with Gasteiger partial charge in [-0.2, -0.15) is 0 Å². The molecule has 43 heavy (non-hydrogen) atoms. The zero-order valence-electron chi connectivity index (χ0n) is 25.1. The Morgan fingerprint density at radius 3 is 2.63 bits per heavy atom. The maximum absolute atomic E-state index is 15.8. The quantitative estimate of drug-likeness (QED) is 0.299. The SMILES string of the molecule is CCc1cc(Cl)cc(C(=O)Nc2cc(-c3cnc(N4CCOCC4)nc3)c(F)cc2N2CCC(N(C)CCCOC)C2)c1. The number of hydrogen-bond acceptors (Lipinski definition) is 8. The molecule has 9 nitrogen and oxygen atoms in total. The minimum Gasteiger partial charge on any atom is -0.385 e. The van der Waals surface area contributed by atoms with Gasteiger partial charge in [-0.3, -0.25) is 4.79 Å². The van der Waals surface area contributed by atoms with Gasteiger partial charge in [0.05, 0.1) is 24.6 Å². The van der Waals surface area contributed by atoms with Crippen LogP contribution in [0.3, 0.4) is 0 Å². The van der Waals surface area contributed by atoms with E-state index < -0.39 is 5.82 Å². The lowest BCUT2D eigenvalue weighted by atomic mass is 10.0. The van der Waals surface area contributed by atoms with E-state index in [2.05, 4.69) is 32.1 Å². The van der Waals surface area contributed by atoms with E-state index in [4.69, 9.17) is 21.1 Å². The summed E-state index contributed by atoms with van der Waals surface area (Å²) in [5, 5.41) is 3.57. The molecule has 11 heteroatoms. The fourth-order valence-corrected chi connectivity index (χ4v) is 5.93. The predicted octanol–water partition coefficient (Wildman–Crippen LogP) is 5.13. The molecule has 2 saturated heterocycles. The lowest BCUT2D eigenvalue weighted by molar-refractivity contribution is 0.102. The van der Waals surface area contributed by atoms with Crippen molar-refractivity contribution in [2.75, 3.05) is 81.8 Å². The molecule has 2 aliphatic heterocycles. The number of nitrogens with zero attached hydrogens (tertiary/aromatic N) is 5. The summed E-state index contributed by atoms with van der Waals surface area (Å²) >= 11 is 6.32. The molecule has 3 aromatic rings. The summed E-state index contributed by atoms with van der Waals surface area (Å²) in [6, 6.07) is 8.86. The largest absolute Gasteiger partial charge is 0.385 e. The number of rotatable bonds is 11. The fourth-order valence-electron chi connectivity index (χ4n) is 5.67. The number of benzene rings is 2. The summed E-state index contributed by atoms with van der Waals surface area (Å²) in [5.74, 6) is -0.117. The number of aromatic nitrogens is 2. The molecule has 2 fully saturated rings. The number of aryl methyl sites for hydroxylation is 1. The summed E-state index contributed by atoms with van der Waals surface area (Å²) < 4.78 is 26.5. The van der Waals surface area contributed by atoms with Crippen molar-refractivity contribution in [2.45, 2.75) is 32.2 Å². The Bertz CT molecular complexity index is 1400. The number of morpholine rings is 1. The average molecular weight is 611 g/mol. The van der Waals surface area contributed by atoms with Crippen LogP contribution in [0, 0.1) is 5.82 Å². The zero-order valence-corrected chi connectivity index (χ0v) is 25.9. The van der Waals surface area contributed by atoms with E-state index in [0.29, 0.717) is 78.0 Å². The van der Waals surface area contributed by atoms with Gasteiger partial charge in [0.2, 0.25) is 5.95 Å². The van der Waals surface area contributed by atoms with Crippen LogP contribution >= 0.6 is 11.6 Å². The van der Waals surface area contributed by atoms with Crippen LogP contribution < -0.4 is 15.1 Å². The Balaban J connectivity index is 1.44. The van der Waals surface area contributed by atoms with Crippen molar-refractivity contribution in [3.63, 3.8) is 0 Å². The van der Waals surface area contributed by atoms with Crippen molar-refractivity contribution in [2.24, 2.45) is 0 Å². The van der Waals surface area contributed by atoms with Gasteiger partial charge in [-0.05, 0) is 62.2 Å². The number of hydrogen-bond donors (Lipinski definition) is 1. The summed E-state index contributed by atoms with van der Waals surface area (Å²) in [5.41, 5.74) is 3.45. The molecular formula is C32H40ClFN6O3. The molecule has 3 heterocycles. The number of amides is 1. The second kappa shape index (κ2) is 14.4. The molecule has 0 bridgehead atoms. The van der Waals surface area contributed by atoms with E-state index >= 15 is 4.39 Å². The van der Waals surface area contributed by atoms with Gasteiger partial charge in [0.25, 0.3) is 5.91 Å².